The van der Waals surface area contributed by atoms with Gasteiger partial charge in [0.05, 0.1) is 5.56 Å². The van der Waals surface area contributed by atoms with Crippen LogP contribution in [0.2, 0.25) is 0 Å². The quantitative estimate of drug-likeness (QED) is 0.907. The molecule has 0 aliphatic carbocycles. The van der Waals surface area contributed by atoms with Crippen LogP contribution in [0.15, 0.2) is 48.5 Å². The monoisotopic (exact) mass is 297 g/mol. The van der Waals surface area contributed by atoms with Gasteiger partial charge < -0.3 is 15.2 Å². The number of carboxylic acid groups (broad SMARTS) is 1. The number of aromatic carboxylic acids is 1. The van der Waals surface area contributed by atoms with Crippen molar-refractivity contribution in [2.75, 3.05) is 6.61 Å². The molecule has 112 valence electrons. The van der Waals surface area contributed by atoms with Gasteiger partial charge in [-0.3, -0.25) is 4.79 Å². The van der Waals surface area contributed by atoms with Gasteiger partial charge in [0, 0.05) is 12.1 Å². The van der Waals surface area contributed by atoms with Crippen molar-refractivity contribution in [3.63, 3.8) is 0 Å². The Balaban J connectivity index is 1.66. The van der Waals surface area contributed by atoms with Gasteiger partial charge in [-0.2, -0.15) is 0 Å². The topological polar surface area (TPSA) is 75.6 Å². The normalized spacial score (nSPS) is 15.7. The Morgan fingerprint density at radius 2 is 2.00 bits per heavy atom. The molecule has 0 radical (unpaired) electrons. The molecule has 1 unspecified atom stereocenters. The Kier molecular flexibility index (Phi) is 3.78. The van der Waals surface area contributed by atoms with Crippen LogP contribution < -0.4 is 10.1 Å². The fourth-order valence-electron chi connectivity index (χ4n) is 2.51. The van der Waals surface area contributed by atoms with Crippen molar-refractivity contribution in [3.8, 4) is 5.75 Å². The van der Waals surface area contributed by atoms with Crippen LogP contribution in [0.1, 0.15) is 27.4 Å². The van der Waals surface area contributed by atoms with E-state index in [0.717, 1.165) is 16.9 Å². The number of hydrogen-bond donors (Lipinski definition) is 2. The molecule has 5 heteroatoms. The first-order chi connectivity index (χ1) is 10.6. The van der Waals surface area contributed by atoms with Gasteiger partial charge in [0.1, 0.15) is 18.3 Å². The van der Waals surface area contributed by atoms with Crippen molar-refractivity contribution < 1.29 is 19.4 Å². The number of carbonyl (C=O) groups is 2. The van der Waals surface area contributed by atoms with Crippen LogP contribution in [0, 0.1) is 0 Å². The van der Waals surface area contributed by atoms with Crippen LogP contribution in [-0.2, 0) is 11.3 Å². The zero-order valence-electron chi connectivity index (χ0n) is 11.8. The smallest absolute Gasteiger partial charge is 0.335 e. The maximum absolute atomic E-state index is 12.3. The van der Waals surface area contributed by atoms with Gasteiger partial charge in [-0.05, 0) is 23.8 Å². The molecule has 0 spiro atoms. The summed E-state index contributed by atoms with van der Waals surface area (Å²) in [6.45, 7) is 0.624. The Morgan fingerprint density at radius 1 is 1.18 bits per heavy atom. The third-order valence-corrected chi connectivity index (χ3v) is 3.66. The summed E-state index contributed by atoms with van der Waals surface area (Å²) in [6, 6.07) is 14.0. The van der Waals surface area contributed by atoms with E-state index in [9.17, 15) is 9.59 Å². The molecule has 0 fully saturated rings. The molecule has 2 aromatic carbocycles. The Bertz CT molecular complexity index is 726. The predicted octanol–water partition coefficient (Wildman–Crippen LogP) is 2.18. The van der Waals surface area contributed by atoms with E-state index in [0.29, 0.717) is 13.2 Å². The second-order valence-corrected chi connectivity index (χ2v) is 5.12. The van der Waals surface area contributed by atoms with Crippen molar-refractivity contribution >= 4 is 11.9 Å². The van der Waals surface area contributed by atoms with Crippen molar-refractivity contribution in [1.29, 1.82) is 0 Å². The molecular formula is C17H15NO4. The summed E-state index contributed by atoms with van der Waals surface area (Å²) in [6.07, 6.45) is 0. The fourth-order valence-corrected chi connectivity index (χ4v) is 2.51. The van der Waals surface area contributed by atoms with Gasteiger partial charge in [0.15, 0.2) is 0 Å². The molecule has 22 heavy (non-hydrogen) atoms. The van der Waals surface area contributed by atoms with Crippen LogP contribution in [0.5, 0.6) is 5.75 Å². The maximum Gasteiger partial charge on any atom is 0.335 e. The Morgan fingerprint density at radius 3 is 2.82 bits per heavy atom. The zero-order chi connectivity index (χ0) is 15.5. The lowest BCUT2D eigenvalue weighted by Gasteiger charge is -2.10. The number of hydrogen-bond acceptors (Lipinski definition) is 3. The second-order valence-electron chi connectivity index (χ2n) is 5.12. The number of benzene rings is 2. The number of amides is 1. The minimum atomic E-state index is -0.980. The van der Waals surface area contributed by atoms with E-state index in [1.807, 2.05) is 24.3 Å². The summed E-state index contributed by atoms with van der Waals surface area (Å²) in [5.41, 5.74) is 1.85. The lowest BCUT2D eigenvalue weighted by atomic mass is 10.0. The first-order valence-corrected chi connectivity index (χ1v) is 6.97. The van der Waals surface area contributed by atoms with Crippen molar-refractivity contribution in [2.24, 2.45) is 0 Å². The number of nitrogens with one attached hydrogen (secondary N) is 1. The van der Waals surface area contributed by atoms with Crippen molar-refractivity contribution in [1.82, 2.24) is 5.32 Å². The third kappa shape index (κ3) is 2.79. The summed E-state index contributed by atoms with van der Waals surface area (Å²) in [5.74, 6) is -0.675. The molecule has 3 rings (SSSR count). The molecule has 0 saturated carbocycles. The molecule has 1 amide bonds. The molecule has 1 aliphatic heterocycles. The van der Waals surface area contributed by atoms with Crippen LogP contribution in [0.4, 0.5) is 0 Å². The Labute approximate surface area is 127 Å². The van der Waals surface area contributed by atoms with E-state index >= 15 is 0 Å². The molecule has 1 atom stereocenters. The van der Waals surface area contributed by atoms with E-state index in [1.165, 1.54) is 6.07 Å². The minimum absolute atomic E-state index is 0.120. The summed E-state index contributed by atoms with van der Waals surface area (Å²) >= 11 is 0. The van der Waals surface area contributed by atoms with Gasteiger partial charge >= 0.3 is 5.97 Å². The number of ether oxygens (including phenoxy) is 1. The average molecular weight is 297 g/mol. The number of fused-ring (bicyclic) bond motifs is 1. The maximum atomic E-state index is 12.3. The number of carboxylic acids is 1. The highest BCUT2D eigenvalue weighted by atomic mass is 16.5. The molecule has 2 N–H and O–H groups in total. The fraction of sp³-hybridized carbons (Fsp3) is 0.176. The predicted molar refractivity (Wildman–Crippen MR) is 79.9 cm³/mol. The van der Waals surface area contributed by atoms with E-state index in [4.69, 9.17) is 9.84 Å². The summed E-state index contributed by atoms with van der Waals surface area (Å²) in [7, 11) is 0. The molecule has 1 heterocycles. The van der Waals surface area contributed by atoms with Gasteiger partial charge in [-0.1, -0.05) is 30.3 Å². The van der Waals surface area contributed by atoms with Crippen LogP contribution in [0.25, 0.3) is 0 Å². The van der Waals surface area contributed by atoms with Gasteiger partial charge in [-0.25, -0.2) is 4.79 Å². The van der Waals surface area contributed by atoms with Gasteiger partial charge in [0.2, 0.25) is 5.91 Å². The van der Waals surface area contributed by atoms with E-state index in [-0.39, 0.29) is 17.4 Å². The van der Waals surface area contributed by atoms with Crippen molar-refractivity contribution in [3.05, 3.63) is 65.2 Å². The number of carbonyl (C=O) groups excluding carboxylic acids is 1. The lowest BCUT2D eigenvalue weighted by molar-refractivity contribution is -0.122. The van der Waals surface area contributed by atoms with Crippen LogP contribution >= 0.6 is 0 Å². The highest BCUT2D eigenvalue weighted by molar-refractivity contribution is 5.88. The molecular weight excluding hydrogens is 282 g/mol. The second kappa shape index (κ2) is 5.89. The van der Waals surface area contributed by atoms with Gasteiger partial charge in [-0.15, -0.1) is 0 Å². The highest BCUT2D eigenvalue weighted by Crippen LogP contribution is 2.33. The molecule has 0 saturated heterocycles. The molecule has 2 aromatic rings. The summed E-state index contributed by atoms with van der Waals surface area (Å²) < 4.78 is 5.50. The molecule has 1 aliphatic rings. The molecule has 5 nitrogen and oxygen atoms in total. The van der Waals surface area contributed by atoms with E-state index in [1.54, 1.807) is 18.2 Å². The number of para-hydroxylation sites is 1. The Hall–Kier alpha value is -2.82. The van der Waals surface area contributed by atoms with E-state index in [2.05, 4.69) is 5.32 Å². The highest BCUT2D eigenvalue weighted by Gasteiger charge is 2.29. The zero-order valence-corrected chi connectivity index (χ0v) is 11.8. The average Bonchev–Trinajstić information content (AvgIpc) is 2.97. The largest absolute Gasteiger partial charge is 0.492 e. The van der Waals surface area contributed by atoms with Gasteiger partial charge in [0.25, 0.3) is 0 Å². The standard InChI is InChI=1S/C17H15NO4/c19-16(14-10-22-15-7-2-1-6-13(14)15)18-9-11-4-3-5-12(8-11)17(20)21/h1-8,14H,9-10H2,(H,18,19)(H,20,21). The minimum Gasteiger partial charge on any atom is -0.492 e. The van der Waals surface area contributed by atoms with Crippen LogP contribution in [-0.4, -0.2) is 23.6 Å². The van der Waals surface area contributed by atoms with E-state index < -0.39 is 5.97 Å². The lowest BCUT2D eigenvalue weighted by Crippen LogP contribution is -2.29. The van der Waals surface area contributed by atoms with Crippen LogP contribution in [0.3, 0.4) is 0 Å². The number of rotatable bonds is 4. The van der Waals surface area contributed by atoms with Crippen molar-refractivity contribution in [2.45, 2.75) is 12.5 Å². The first kappa shape index (κ1) is 14.1. The first-order valence-electron chi connectivity index (χ1n) is 6.97. The SMILES string of the molecule is O=C(O)c1cccc(CNC(=O)C2COc3ccccc32)c1. The summed E-state index contributed by atoms with van der Waals surface area (Å²) in [4.78, 5) is 23.2. The summed E-state index contributed by atoms with van der Waals surface area (Å²) in [5, 5.41) is 11.8. The third-order valence-electron chi connectivity index (χ3n) is 3.66. The molecule has 0 aromatic heterocycles. The molecule has 0 bridgehead atoms.